The first-order chi connectivity index (χ1) is 8.47. The molecule has 1 aromatic heterocycles. The lowest BCUT2D eigenvalue weighted by molar-refractivity contribution is 0.0848. The number of aryl methyl sites for hydroxylation is 1. The summed E-state index contributed by atoms with van der Waals surface area (Å²) < 4.78 is 0. The molecular weight excluding hydrogens is 232 g/mol. The number of nitrogens with one attached hydrogen (secondary N) is 2. The minimum atomic E-state index is -0.595. The van der Waals surface area contributed by atoms with Crippen molar-refractivity contribution in [1.29, 1.82) is 0 Å². The van der Waals surface area contributed by atoms with E-state index < -0.39 is 17.6 Å². The first kappa shape index (κ1) is 14.4. The summed E-state index contributed by atoms with van der Waals surface area (Å²) in [6, 6.07) is 1.67. The second kappa shape index (κ2) is 6.35. The van der Waals surface area contributed by atoms with Gasteiger partial charge in [0.25, 0.3) is 11.5 Å². The fraction of sp³-hybridized carbons (Fsp3) is 0.538. The Bertz CT molecular complexity index is 468. The average molecular weight is 252 g/mol. The Balaban J connectivity index is 2.70. The number of carbonyl (C=O) groups is 1. The zero-order valence-electron chi connectivity index (χ0n) is 11.0. The van der Waals surface area contributed by atoms with E-state index >= 15 is 0 Å². The lowest BCUT2D eigenvalue weighted by Gasteiger charge is -2.17. The van der Waals surface area contributed by atoms with Gasteiger partial charge >= 0.3 is 0 Å². The second-order valence-corrected chi connectivity index (χ2v) is 4.53. The lowest BCUT2D eigenvalue weighted by Crippen LogP contribution is -2.38. The van der Waals surface area contributed by atoms with Crippen LogP contribution in [0.15, 0.2) is 17.1 Å². The van der Waals surface area contributed by atoms with Gasteiger partial charge in [-0.1, -0.05) is 20.3 Å². The maximum Gasteiger partial charge on any atom is 0.261 e. The van der Waals surface area contributed by atoms with Crippen LogP contribution < -0.4 is 10.9 Å². The van der Waals surface area contributed by atoms with Crippen molar-refractivity contribution in [2.24, 2.45) is 5.92 Å². The Hall–Kier alpha value is -1.62. The zero-order chi connectivity index (χ0) is 13.7. The van der Waals surface area contributed by atoms with Crippen molar-refractivity contribution >= 4 is 5.91 Å². The van der Waals surface area contributed by atoms with E-state index in [0.29, 0.717) is 5.56 Å². The van der Waals surface area contributed by atoms with E-state index in [0.717, 1.165) is 6.42 Å². The van der Waals surface area contributed by atoms with Crippen LogP contribution in [0.3, 0.4) is 0 Å². The van der Waals surface area contributed by atoms with Crippen LogP contribution >= 0.6 is 0 Å². The molecule has 100 valence electrons. The summed E-state index contributed by atoms with van der Waals surface area (Å²) in [6.45, 7) is 5.75. The number of H-pyrrole nitrogens is 1. The lowest BCUT2D eigenvalue weighted by atomic mass is 10.0. The quantitative estimate of drug-likeness (QED) is 0.725. The zero-order valence-corrected chi connectivity index (χ0v) is 11.0. The molecular formula is C13H20N2O3. The van der Waals surface area contributed by atoms with Gasteiger partial charge in [0.1, 0.15) is 5.56 Å². The molecule has 1 amide bonds. The van der Waals surface area contributed by atoms with Crippen molar-refractivity contribution in [3.05, 3.63) is 33.7 Å². The van der Waals surface area contributed by atoms with Crippen molar-refractivity contribution in [2.45, 2.75) is 33.3 Å². The molecule has 1 heterocycles. The molecule has 0 aromatic carbocycles. The Kier molecular flexibility index (Phi) is 5.09. The molecule has 0 bridgehead atoms. The molecule has 3 N–H and O–H groups in total. The van der Waals surface area contributed by atoms with Crippen LogP contribution in [0.1, 0.15) is 36.2 Å². The maximum absolute atomic E-state index is 11.9. The van der Waals surface area contributed by atoms with Crippen LogP contribution in [0.2, 0.25) is 0 Å². The monoisotopic (exact) mass is 252 g/mol. The van der Waals surface area contributed by atoms with Gasteiger partial charge < -0.3 is 15.4 Å². The van der Waals surface area contributed by atoms with Crippen molar-refractivity contribution in [3.63, 3.8) is 0 Å². The van der Waals surface area contributed by atoms with Gasteiger partial charge in [0.15, 0.2) is 0 Å². The van der Waals surface area contributed by atoms with E-state index in [1.165, 1.54) is 6.20 Å². The molecule has 0 saturated heterocycles. The number of amides is 1. The molecule has 5 nitrogen and oxygen atoms in total. The largest absolute Gasteiger partial charge is 0.391 e. The molecule has 5 heteroatoms. The molecule has 1 aromatic rings. The summed E-state index contributed by atoms with van der Waals surface area (Å²) in [5.74, 6) is -0.336. The summed E-state index contributed by atoms with van der Waals surface area (Å²) in [4.78, 5) is 25.9. The third-order valence-corrected chi connectivity index (χ3v) is 3.17. The summed E-state index contributed by atoms with van der Waals surface area (Å²) in [7, 11) is 0. The van der Waals surface area contributed by atoms with Crippen LogP contribution in [0.5, 0.6) is 0 Å². The summed E-state index contributed by atoms with van der Waals surface area (Å²) in [5.41, 5.74) is 0.314. The Labute approximate surface area is 106 Å². The highest BCUT2D eigenvalue weighted by Crippen LogP contribution is 2.06. The van der Waals surface area contributed by atoms with E-state index in [2.05, 4.69) is 10.3 Å². The number of carbonyl (C=O) groups excluding carboxylic acids is 1. The number of rotatable bonds is 5. The molecule has 2 atom stereocenters. The van der Waals surface area contributed by atoms with Crippen LogP contribution in [0.25, 0.3) is 0 Å². The third kappa shape index (κ3) is 3.43. The summed E-state index contributed by atoms with van der Waals surface area (Å²) >= 11 is 0. The van der Waals surface area contributed by atoms with Gasteiger partial charge in [-0.15, -0.1) is 0 Å². The Morgan fingerprint density at radius 3 is 2.78 bits per heavy atom. The first-order valence-corrected chi connectivity index (χ1v) is 6.11. The van der Waals surface area contributed by atoms with Crippen molar-refractivity contribution in [3.8, 4) is 0 Å². The van der Waals surface area contributed by atoms with Crippen molar-refractivity contribution in [2.75, 3.05) is 6.54 Å². The van der Waals surface area contributed by atoms with Crippen LogP contribution in [0, 0.1) is 12.8 Å². The molecule has 0 aliphatic heterocycles. The highest BCUT2D eigenvalue weighted by molar-refractivity contribution is 5.95. The summed E-state index contributed by atoms with van der Waals surface area (Å²) in [6.07, 6.45) is 1.74. The predicted octanol–water partition coefficient (Wildman–Crippen LogP) is 0.820. The van der Waals surface area contributed by atoms with Gasteiger partial charge in [0, 0.05) is 12.7 Å². The number of aliphatic hydroxyl groups excluding tert-OH is 1. The van der Waals surface area contributed by atoms with E-state index in [9.17, 15) is 14.7 Å². The van der Waals surface area contributed by atoms with E-state index in [4.69, 9.17) is 0 Å². The number of pyridine rings is 1. The molecule has 0 saturated carbocycles. The fourth-order valence-electron chi connectivity index (χ4n) is 1.62. The minimum Gasteiger partial charge on any atom is -0.391 e. The van der Waals surface area contributed by atoms with Crippen LogP contribution in [0.4, 0.5) is 0 Å². The third-order valence-electron chi connectivity index (χ3n) is 3.17. The van der Waals surface area contributed by atoms with Gasteiger partial charge in [-0.05, 0) is 24.5 Å². The smallest absolute Gasteiger partial charge is 0.261 e. The maximum atomic E-state index is 11.9. The second-order valence-electron chi connectivity index (χ2n) is 4.53. The fourth-order valence-corrected chi connectivity index (χ4v) is 1.62. The molecule has 0 spiro atoms. The van der Waals surface area contributed by atoms with Gasteiger partial charge in [0.05, 0.1) is 6.10 Å². The number of aromatic amines is 1. The minimum absolute atomic E-state index is 0.105. The molecule has 0 radical (unpaired) electrons. The van der Waals surface area contributed by atoms with Gasteiger partial charge in [-0.2, -0.15) is 0 Å². The van der Waals surface area contributed by atoms with Crippen LogP contribution in [-0.4, -0.2) is 28.6 Å². The average Bonchev–Trinajstić information content (AvgIpc) is 2.34. The van der Waals surface area contributed by atoms with Crippen molar-refractivity contribution < 1.29 is 9.90 Å². The summed E-state index contributed by atoms with van der Waals surface area (Å²) in [5, 5.41) is 12.3. The number of hydrogen-bond donors (Lipinski definition) is 3. The van der Waals surface area contributed by atoms with E-state index in [1.54, 1.807) is 13.0 Å². The number of aliphatic hydroxyl groups is 1. The molecule has 1 rings (SSSR count). The molecule has 18 heavy (non-hydrogen) atoms. The van der Waals surface area contributed by atoms with Crippen molar-refractivity contribution in [1.82, 2.24) is 10.3 Å². The Morgan fingerprint density at radius 2 is 2.22 bits per heavy atom. The van der Waals surface area contributed by atoms with Gasteiger partial charge in [0.2, 0.25) is 0 Å². The molecule has 0 aliphatic carbocycles. The number of hydrogen-bond acceptors (Lipinski definition) is 3. The predicted molar refractivity (Wildman–Crippen MR) is 69.6 cm³/mol. The number of aromatic nitrogens is 1. The van der Waals surface area contributed by atoms with E-state index in [1.807, 2.05) is 13.8 Å². The highest BCUT2D eigenvalue weighted by Gasteiger charge is 2.17. The SMILES string of the molecule is CCC(C)C(O)CNC(=O)c1c(C)cc[nH]c1=O. The topological polar surface area (TPSA) is 82.2 Å². The standard InChI is InChI=1S/C13H20N2O3/c1-4-8(2)10(16)7-15-13(18)11-9(3)5-6-14-12(11)17/h5-6,8,10,16H,4,7H2,1-3H3,(H,14,17)(H,15,18). The van der Waals surface area contributed by atoms with Crippen LogP contribution in [-0.2, 0) is 0 Å². The normalized spacial score (nSPS) is 14.0. The highest BCUT2D eigenvalue weighted by atomic mass is 16.3. The first-order valence-electron chi connectivity index (χ1n) is 6.11. The molecule has 2 unspecified atom stereocenters. The van der Waals surface area contributed by atoms with Gasteiger partial charge in [-0.3, -0.25) is 9.59 Å². The molecule has 0 aliphatic rings. The van der Waals surface area contributed by atoms with E-state index in [-0.39, 0.29) is 18.0 Å². The molecule has 0 fully saturated rings. The van der Waals surface area contributed by atoms with Gasteiger partial charge in [-0.25, -0.2) is 0 Å². The Morgan fingerprint density at radius 1 is 1.56 bits per heavy atom.